The van der Waals surface area contributed by atoms with E-state index in [4.69, 9.17) is 5.73 Å². The number of amides is 1. The van der Waals surface area contributed by atoms with E-state index in [1.165, 1.54) is 10.5 Å². The largest absolute Gasteiger partial charge is 0.369 e. The molecule has 5 heteroatoms. The average Bonchev–Trinajstić information content (AvgIpc) is 2.78. The van der Waals surface area contributed by atoms with Gasteiger partial charge in [-0.15, -0.1) is 0 Å². The highest BCUT2D eigenvalue weighted by molar-refractivity contribution is 6.07. The molecule has 2 heterocycles. The summed E-state index contributed by atoms with van der Waals surface area (Å²) >= 11 is 0. The van der Waals surface area contributed by atoms with Gasteiger partial charge < -0.3 is 5.73 Å². The average molecular weight is 348 g/mol. The number of carbonyl (C=O) groups excluding carboxylic acids is 1. The van der Waals surface area contributed by atoms with E-state index < -0.39 is 5.54 Å². The molecule has 1 amide bonds. The maximum atomic E-state index is 13.2. The van der Waals surface area contributed by atoms with Crippen LogP contribution in [0.1, 0.15) is 37.0 Å². The monoisotopic (exact) mass is 348 g/mol. The van der Waals surface area contributed by atoms with Crippen molar-refractivity contribution in [1.82, 2.24) is 9.88 Å². The van der Waals surface area contributed by atoms with Gasteiger partial charge in [-0.05, 0) is 59.6 Å². The second-order valence-corrected chi connectivity index (χ2v) is 8.34. The van der Waals surface area contributed by atoms with Gasteiger partial charge in [0.25, 0.3) is 5.91 Å². The summed E-state index contributed by atoms with van der Waals surface area (Å²) in [5, 5.41) is 0. The van der Waals surface area contributed by atoms with Crippen LogP contribution < -0.4 is 5.73 Å². The van der Waals surface area contributed by atoms with Crippen LogP contribution in [-0.2, 0) is 16.8 Å². The maximum Gasteiger partial charge on any atom is 0.261 e. The van der Waals surface area contributed by atoms with Crippen LogP contribution in [0.3, 0.4) is 0 Å². The number of guanidine groups is 1. The molecule has 134 valence electrons. The number of rotatable bonds is 1. The molecule has 1 spiro atoms. The number of benzene rings is 1. The van der Waals surface area contributed by atoms with Crippen molar-refractivity contribution >= 4 is 11.9 Å². The minimum atomic E-state index is -0.914. The summed E-state index contributed by atoms with van der Waals surface area (Å²) in [5.41, 5.74) is 10.5. The van der Waals surface area contributed by atoms with E-state index in [0.717, 1.165) is 28.7 Å². The fourth-order valence-electron chi connectivity index (χ4n) is 4.36. The van der Waals surface area contributed by atoms with Crippen molar-refractivity contribution in [3.05, 3.63) is 53.3 Å². The van der Waals surface area contributed by atoms with E-state index in [0.29, 0.717) is 12.4 Å². The van der Waals surface area contributed by atoms with Gasteiger partial charge in [-0.3, -0.25) is 14.7 Å². The third kappa shape index (κ3) is 2.42. The first-order valence-electron chi connectivity index (χ1n) is 8.91. The van der Waals surface area contributed by atoms with Crippen molar-refractivity contribution in [2.75, 3.05) is 7.05 Å². The van der Waals surface area contributed by atoms with Crippen molar-refractivity contribution < 1.29 is 4.79 Å². The maximum absolute atomic E-state index is 13.2. The van der Waals surface area contributed by atoms with Gasteiger partial charge in [0, 0.05) is 25.0 Å². The van der Waals surface area contributed by atoms with Gasteiger partial charge >= 0.3 is 0 Å². The highest BCUT2D eigenvalue weighted by atomic mass is 16.2. The molecule has 0 fully saturated rings. The third-order valence-electron chi connectivity index (χ3n) is 5.47. The summed E-state index contributed by atoms with van der Waals surface area (Å²) < 4.78 is 0. The molecule has 26 heavy (non-hydrogen) atoms. The smallest absolute Gasteiger partial charge is 0.261 e. The molecule has 2 aliphatic rings. The van der Waals surface area contributed by atoms with Crippen molar-refractivity contribution in [3.63, 3.8) is 0 Å². The Hall–Kier alpha value is -2.69. The summed E-state index contributed by atoms with van der Waals surface area (Å²) in [6, 6.07) is 8.46. The quantitative estimate of drug-likeness (QED) is 0.861. The minimum absolute atomic E-state index is 0.0238. The summed E-state index contributed by atoms with van der Waals surface area (Å²) in [6.07, 6.45) is 5.27. The van der Waals surface area contributed by atoms with Crippen LogP contribution in [0.15, 0.2) is 41.7 Å². The zero-order valence-corrected chi connectivity index (χ0v) is 15.7. The summed E-state index contributed by atoms with van der Waals surface area (Å²) in [4.78, 5) is 23.6. The molecule has 1 aromatic heterocycles. The van der Waals surface area contributed by atoms with E-state index in [-0.39, 0.29) is 11.3 Å². The highest BCUT2D eigenvalue weighted by Crippen LogP contribution is 2.50. The Morgan fingerprint density at radius 1 is 1.15 bits per heavy atom. The molecular weight excluding hydrogens is 324 g/mol. The SMILES string of the molecule is Cc1cncc(-c2ccc3c(c2)C2(CC(C)(C)C3)N=C(N)N(C)C2=O)c1. The fraction of sp³-hybridized carbons (Fsp3) is 0.381. The third-order valence-corrected chi connectivity index (χ3v) is 5.47. The number of likely N-dealkylation sites (N-methyl/N-ethyl adjacent to an activating group) is 1. The Balaban J connectivity index is 1.93. The Bertz CT molecular complexity index is 947. The van der Waals surface area contributed by atoms with Crippen LogP contribution in [0.2, 0.25) is 0 Å². The molecular formula is C21H24N4O. The molecule has 1 atom stereocenters. The van der Waals surface area contributed by atoms with Crippen molar-refractivity contribution in [2.24, 2.45) is 16.1 Å². The van der Waals surface area contributed by atoms with E-state index in [1.807, 2.05) is 19.3 Å². The van der Waals surface area contributed by atoms with E-state index in [1.54, 1.807) is 7.05 Å². The number of aromatic nitrogens is 1. The van der Waals surface area contributed by atoms with Gasteiger partial charge in [-0.25, -0.2) is 4.99 Å². The molecule has 1 aliphatic carbocycles. The van der Waals surface area contributed by atoms with Crippen molar-refractivity contribution in [2.45, 2.75) is 39.2 Å². The predicted molar refractivity (Wildman–Crippen MR) is 103 cm³/mol. The molecule has 0 saturated heterocycles. The van der Waals surface area contributed by atoms with Gasteiger partial charge in [0.15, 0.2) is 11.5 Å². The lowest BCUT2D eigenvalue weighted by molar-refractivity contribution is -0.132. The number of hydrogen-bond acceptors (Lipinski definition) is 4. The Morgan fingerprint density at radius 2 is 1.92 bits per heavy atom. The van der Waals surface area contributed by atoms with E-state index >= 15 is 0 Å². The molecule has 5 nitrogen and oxygen atoms in total. The molecule has 1 aromatic carbocycles. The second kappa shape index (κ2) is 5.40. The number of hydrogen-bond donors (Lipinski definition) is 1. The number of fused-ring (bicyclic) bond motifs is 2. The number of pyridine rings is 1. The zero-order chi connectivity index (χ0) is 18.7. The normalized spacial score (nSPS) is 23.9. The highest BCUT2D eigenvalue weighted by Gasteiger charge is 2.54. The number of carbonyl (C=O) groups is 1. The lowest BCUT2D eigenvalue weighted by Crippen LogP contribution is -2.46. The summed E-state index contributed by atoms with van der Waals surface area (Å²) in [6.45, 7) is 6.40. The Morgan fingerprint density at radius 3 is 2.58 bits per heavy atom. The Labute approximate surface area is 154 Å². The first-order valence-corrected chi connectivity index (χ1v) is 8.91. The molecule has 0 radical (unpaired) electrons. The van der Waals surface area contributed by atoms with Crippen LogP contribution >= 0.6 is 0 Å². The van der Waals surface area contributed by atoms with Crippen molar-refractivity contribution in [3.8, 4) is 11.1 Å². The molecule has 0 bridgehead atoms. The van der Waals surface area contributed by atoms with Gasteiger partial charge in [0.05, 0.1) is 0 Å². The molecule has 2 aromatic rings. The lowest BCUT2D eigenvalue weighted by atomic mass is 9.65. The number of aliphatic imine (C=N–C) groups is 1. The van der Waals surface area contributed by atoms with E-state index in [2.05, 4.69) is 48.1 Å². The predicted octanol–water partition coefficient (Wildman–Crippen LogP) is 3.01. The fourth-order valence-corrected chi connectivity index (χ4v) is 4.36. The number of aryl methyl sites for hydroxylation is 1. The Kier molecular flexibility index (Phi) is 3.48. The second-order valence-electron chi connectivity index (χ2n) is 8.34. The van der Waals surface area contributed by atoms with Gasteiger partial charge in [0.2, 0.25) is 0 Å². The molecule has 2 N–H and O–H groups in total. The number of nitrogens with zero attached hydrogens (tertiary/aromatic N) is 3. The zero-order valence-electron chi connectivity index (χ0n) is 15.7. The van der Waals surface area contributed by atoms with Crippen LogP contribution in [-0.4, -0.2) is 28.8 Å². The molecule has 4 rings (SSSR count). The first kappa shape index (κ1) is 16.8. The molecule has 1 aliphatic heterocycles. The summed E-state index contributed by atoms with van der Waals surface area (Å²) in [7, 11) is 1.70. The van der Waals surface area contributed by atoms with Crippen LogP contribution in [0.4, 0.5) is 0 Å². The summed E-state index contributed by atoms with van der Waals surface area (Å²) in [5.74, 6) is 0.254. The molecule has 0 saturated carbocycles. The number of nitrogens with two attached hydrogens (primary N) is 1. The van der Waals surface area contributed by atoms with Crippen LogP contribution in [0, 0.1) is 12.3 Å². The van der Waals surface area contributed by atoms with E-state index in [9.17, 15) is 4.79 Å². The van der Waals surface area contributed by atoms with Crippen molar-refractivity contribution in [1.29, 1.82) is 0 Å². The topological polar surface area (TPSA) is 71.6 Å². The minimum Gasteiger partial charge on any atom is -0.369 e. The van der Waals surface area contributed by atoms with Crippen LogP contribution in [0.25, 0.3) is 11.1 Å². The van der Waals surface area contributed by atoms with Crippen LogP contribution in [0.5, 0.6) is 0 Å². The molecule has 1 unspecified atom stereocenters. The standard InChI is InChI=1S/C21H24N4O/c1-13-7-16(11-23-10-13)14-5-6-15-9-20(2,3)12-21(17(15)8-14)18(26)25(4)19(22)24-21/h5-8,10-11H,9,12H2,1-4H3,(H2,22,24). The first-order chi connectivity index (χ1) is 12.2. The van der Waals surface area contributed by atoms with Gasteiger partial charge in [-0.2, -0.15) is 0 Å². The van der Waals surface area contributed by atoms with Gasteiger partial charge in [-0.1, -0.05) is 26.0 Å². The van der Waals surface area contributed by atoms with Gasteiger partial charge in [0.1, 0.15) is 0 Å². The lowest BCUT2D eigenvalue weighted by Gasteiger charge is -2.41.